The quantitative estimate of drug-likeness (QED) is 0.736. The van der Waals surface area contributed by atoms with E-state index >= 15 is 0 Å². The first-order chi connectivity index (χ1) is 10.5. The molecule has 3 aliphatic rings. The van der Waals surface area contributed by atoms with Crippen molar-refractivity contribution >= 4 is 11.8 Å². The number of hydrogen-bond acceptors (Lipinski definition) is 4. The van der Waals surface area contributed by atoms with Gasteiger partial charge in [-0.25, -0.2) is 0 Å². The molecule has 0 aromatic rings. The van der Waals surface area contributed by atoms with E-state index in [-0.39, 0.29) is 35.2 Å². The van der Waals surface area contributed by atoms with E-state index in [1.54, 1.807) is 7.11 Å². The molecule has 3 aliphatic carbocycles. The molecule has 0 unspecified atom stereocenters. The van der Waals surface area contributed by atoms with Crippen LogP contribution in [0.5, 0.6) is 0 Å². The third-order valence-corrected chi connectivity index (χ3v) is 6.71. The van der Waals surface area contributed by atoms with Crippen molar-refractivity contribution < 1.29 is 19.1 Å². The van der Waals surface area contributed by atoms with Crippen LogP contribution >= 0.6 is 0 Å². The molecule has 0 N–H and O–H groups in total. The molecule has 3 saturated carbocycles. The number of ether oxygens (including phenoxy) is 2. The largest absolute Gasteiger partial charge is 0.469 e. The Balaban J connectivity index is 1.98. The second-order valence-corrected chi connectivity index (χ2v) is 7.73. The summed E-state index contributed by atoms with van der Waals surface area (Å²) in [6.07, 6.45) is 6.79. The molecular weight excluding hydrogens is 280 g/mol. The lowest BCUT2D eigenvalue weighted by atomic mass is 9.66. The Morgan fingerprint density at radius 3 is 2.64 bits per heavy atom. The molecule has 22 heavy (non-hydrogen) atoms. The Bertz CT molecular complexity index is 460. The Morgan fingerprint density at radius 1 is 1.18 bits per heavy atom. The van der Waals surface area contributed by atoms with Crippen LogP contribution in [0.2, 0.25) is 0 Å². The Hall–Kier alpha value is -0.900. The van der Waals surface area contributed by atoms with Gasteiger partial charge in [0.15, 0.2) is 0 Å². The highest BCUT2D eigenvalue weighted by molar-refractivity contribution is 5.85. The molecule has 3 rings (SSSR count). The summed E-state index contributed by atoms with van der Waals surface area (Å²) in [5, 5.41) is 0. The van der Waals surface area contributed by atoms with E-state index in [1.165, 1.54) is 7.11 Å². The maximum absolute atomic E-state index is 12.6. The normalized spacial score (nSPS) is 44.9. The molecule has 3 fully saturated rings. The van der Waals surface area contributed by atoms with E-state index in [0.29, 0.717) is 18.1 Å². The fraction of sp³-hybridized carbons (Fsp3) is 0.889. The van der Waals surface area contributed by atoms with E-state index in [2.05, 4.69) is 6.92 Å². The summed E-state index contributed by atoms with van der Waals surface area (Å²) < 4.78 is 10.9. The zero-order chi connectivity index (χ0) is 15.9. The van der Waals surface area contributed by atoms with Crippen LogP contribution in [0.15, 0.2) is 0 Å². The van der Waals surface area contributed by atoms with Gasteiger partial charge in [-0.3, -0.25) is 9.59 Å². The molecule has 0 spiro atoms. The van der Waals surface area contributed by atoms with Gasteiger partial charge in [-0.1, -0.05) is 19.8 Å². The number of carbonyl (C=O) groups excluding carboxylic acids is 2. The van der Waals surface area contributed by atoms with Gasteiger partial charge in [0.05, 0.1) is 19.1 Å². The van der Waals surface area contributed by atoms with Crippen molar-refractivity contribution in [2.45, 2.75) is 58.0 Å². The van der Waals surface area contributed by atoms with Gasteiger partial charge < -0.3 is 9.47 Å². The first kappa shape index (κ1) is 16.0. The number of hydrogen-bond donors (Lipinski definition) is 0. The highest BCUT2D eigenvalue weighted by Gasteiger charge is 2.56. The first-order valence-corrected chi connectivity index (χ1v) is 8.65. The fourth-order valence-corrected chi connectivity index (χ4v) is 5.57. The average molecular weight is 308 g/mol. The third kappa shape index (κ3) is 2.40. The smallest absolute Gasteiger partial charge is 0.309 e. The molecule has 124 valence electrons. The topological polar surface area (TPSA) is 52.6 Å². The van der Waals surface area contributed by atoms with Gasteiger partial charge >= 0.3 is 5.97 Å². The van der Waals surface area contributed by atoms with Crippen molar-refractivity contribution in [1.82, 2.24) is 0 Å². The van der Waals surface area contributed by atoms with Crippen molar-refractivity contribution in [2.75, 3.05) is 14.2 Å². The molecule has 6 atom stereocenters. The van der Waals surface area contributed by atoms with Crippen LogP contribution in [0.25, 0.3) is 0 Å². The van der Waals surface area contributed by atoms with Gasteiger partial charge in [-0.2, -0.15) is 0 Å². The highest BCUT2D eigenvalue weighted by atomic mass is 16.5. The first-order valence-electron chi connectivity index (χ1n) is 8.65. The molecule has 0 saturated heterocycles. The minimum Gasteiger partial charge on any atom is -0.469 e. The lowest BCUT2D eigenvalue weighted by molar-refractivity contribution is -0.157. The van der Waals surface area contributed by atoms with Crippen LogP contribution in [0, 0.1) is 29.1 Å². The van der Waals surface area contributed by atoms with Gasteiger partial charge in [0.2, 0.25) is 0 Å². The van der Waals surface area contributed by atoms with Crippen molar-refractivity contribution in [3.05, 3.63) is 0 Å². The molecule has 0 aliphatic heterocycles. The summed E-state index contributed by atoms with van der Waals surface area (Å²) in [6, 6.07) is 0. The maximum Gasteiger partial charge on any atom is 0.309 e. The van der Waals surface area contributed by atoms with Crippen molar-refractivity contribution in [3.63, 3.8) is 0 Å². The van der Waals surface area contributed by atoms with Gasteiger partial charge in [-0.05, 0) is 37.0 Å². The molecule has 0 amide bonds. The molecular formula is C18H28O4. The van der Waals surface area contributed by atoms with Crippen molar-refractivity contribution in [2.24, 2.45) is 29.1 Å². The highest BCUT2D eigenvalue weighted by Crippen LogP contribution is 2.56. The van der Waals surface area contributed by atoms with E-state index < -0.39 is 0 Å². The summed E-state index contributed by atoms with van der Waals surface area (Å²) in [5.74, 6) is 0.690. The fourth-order valence-electron chi connectivity index (χ4n) is 5.57. The number of ketones is 1. The van der Waals surface area contributed by atoms with Crippen molar-refractivity contribution in [1.29, 1.82) is 0 Å². The number of carbonyl (C=O) groups is 2. The maximum atomic E-state index is 12.6. The number of fused-ring (bicyclic) bond motifs is 2. The lowest BCUT2D eigenvalue weighted by Gasteiger charge is -2.42. The molecule has 4 heteroatoms. The predicted octanol–water partition coefficient (Wildman–Crippen LogP) is 2.99. The summed E-state index contributed by atoms with van der Waals surface area (Å²) in [5.41, 5.74) is 0.0514. The van der Waals surface area contributed by atoms with Gasteiger partial charge in [0.25, 0.3) is 0 Å². The lowest BCUT2D eigenvalue weighted by Crippen LogP contribution is -2.47. The standard InChI is InChI=1S/C18H28O4/c1-18-9-7-11-5-4-6-12(17(20)22-3)14(11)16(21-2)15(18)13(19)8-10-18/h11-12,14-16H,4-10H2,1-3H3/t11-,12-,14+,15+,16-,18+/m0/s1. The monoisotopic (exact) mass is 308 g/mol. The molecule has 0 heterocycles. The van der Waals surface area contributed by atoms with Crippen LogP contribution in [-0.4, -0.2) is 32.1 Å². The van der Waals surface area contributed by atoms with Gasteiger partial charge in [0.1, 0.15) is 5.78 Å². The molecule has 0 aromatic carbocycles. The minimum absolute atomic E-state index is 0.0437. The third-order valence-electron chi connectivity index (χ3n) is 6.71. The zero-order valence-corrected chi connectivity index (χ0v) is 14.0. The van der Waals surface area contributed by atoms with E-state index in [9.17, 15) is 9.59 Å². The van der Waals surface area contributed by atoms with Crippen LogP contribution in [0.4, 0.5) is 0 Å². The van der Waals surface area contributed by atoms with Crippen LogP contribution in [0.1, 0.15) is 51.9 Å². The van der Waals surface area contributed by atoms with E-state index in [1.807, 2.05) is 0 Å². The minimum atomic E-state index is -0.128. The summed E-state index contributed by atoms with van der Waals surface area (Å²) >= 11 is 0. The average Bonchev–Trinajstić information content (AvgIpc) is 2.75. The second kappa shape index (κ2) is 5.95. The Labute approximate surface area is 132 Å². The summed E-state index contributed by atoms with van der Waals surface area (Å²) in [7, 11) is 3.18. The summed E-state index contributed by atoms with van der Waals surface area (Å²) in [6.45, 7) is 2.25. The number of Topliss-reactive ketones (excluding diaryl/α,β-unsaturated/α-hetero) is 1. The van der Waals surface area contributed by atoms with Crippen LogP contribution in [0.3, 0.4) is 0 Å². The number of esters is 1. The van der Waals surface area contributed by atoms with Crippen molar-refractivity contribution in [3.8, 4) is 0 Å². The molecule has 4 nitrogen and oxygen atoms in total. The van der Waals surface area contributed by atoms with Gasteiger partial charge in [0, 0.05) is 25.4 Å². The van der Waals surface area contributed by atoms with E-state index in [4.69, 9.17) is 9.47 Å². The molecule has 0 aromatic heterocycles. The van der Waals surface area contributed by atoms with Crippen LogP contribution in [-0.2, 0) is 19.1 Å². The predicted molar refractivity (Wildman–Crippen MR) is 82.2 cm³/mol. The van der Waals surface area contributed by atoms with Crippen LogP contribution < -0.4 is 0 Å². The number of methoxy groups -OCH3 is 2. The second-order valence-electron chi connectivity index (χ2n) is 7.73. The molecule has 0 bridgehead atoms. The summed E-state index contributed by atoms with van der Waals surface area (Å²) in [4.78, 5) is 24.8. The Kier molecular flexibility index (Phi) is 4.32. The van der Waals surface area contributed by atoms with E-state index in [0.717, 1.165) is 38.5 Å². The molecule has 0 radical (unpaired) electrons. The van der Waals surface area contributed by atoms with Gasteiger partial charge in [-0.15, -0.1) is 0 Å². The zero-order valence-electron chi connectivity index (χ0n) is 14.0. The number of rotatable bonds is 2. The SMILES string of the molecule is COC(=O)[C@H]1CCC[C@H]2CC[C@]3(C)CCC(=O)[C@@H]3[C@@H](OC)[C@H]21. The Morgan fingerprint density at radius 2 is 1.95 bits per heavy atom.